The highest BCUT2D eigenvalue weighted by Crippen LogP contribution is 2.31. The Morgan fingerprint density at radius 2 is 1.75 bits per heavy atom. The molecule has 140 valence electrons. The van der Waals surface area contributed by atoms with E-state index in [1.54, 1.807) is 18.2 Å². The Kier molecular flexibility index (Phi) is 4.70. The van der Waals surface area contributed by atoms with Gasteiger partial charge in [-0.25, -0.2) is 4.98 Å². The largest absolute Gasteiger partial charge is 0.545 e. The molecule has 0 saturated carbocycles. The smallest absolute Gasteiger partial charge is 0.153 e. The lowest BCUT2D eigenvalue weighted by molar-refractivity contribution is -0.254. The second-order valence-electron chi connectivity index (χ2n) is 6.95. The fraction of sp³-hybridized carbons (Fsp3) is 0.167. The molecule has 2 aromatic carbocycles. The number of carbonyl (C=O) groups is 1. The van der Waals surface area contributed by atoms with Crippen LogP contribution in [0.15, 0.2) is 71.1 Å². The first-order valence-corrected chi connectivity index (χ1v) is 9.38. The van der Waals surface area contributed by atoms with Crippen molar-refractivity contribution in [3.63, 3.8) is 0 Å². The third-order valence-corrected chi connectivity index (χ3v) is 5.17. The molecule has 28 heavy (non-hydrogen) atoms. The van der Waals surface area contributed by atoms with Gasteiger partial charge in [0.05, 0.1) is 11.5 Å². The summed E-state index contributed by atoms with van der Waals surface area (Å²) in [6, 6.07) is 20.6. The molecule has 0 radical (unpaired) electrons. The molecule has 0 fully saturated rings. The van der Waals surface area contributed by atoms with Crippen LogP contribution in [0.5, 0.6) is 0 Å². The summed E-state index contributed by atoms with van der Waals surface area (Å²) in [6.45, 7) is 4.38. The molecule has 0 spiro atoms. The van der Waals surface area contributed by atoms with Crippen molar-refractivity contribution in [1.29, 1.82) is 0 Å². The van der Waals surface area contributed by atoms with Gasteiger partial charge in [0, 0.05) is 16.5 Å². The monoisotopic (exact) mass is 370 g/mol. The van der Waals surface area contributed by atoms with E-state index in [0.717, 1.165) is 17.7 Å². The number of carbonyl (C=O) groups excluding carboxylic acids is 1. The molecule has 0 aliphatic heterocycles. The molecule has 0 bridgehead atoms. The van der Waals surface area contributed by atoms with Gasteiger partial charge in [-0.2, -0.15) is 0 Å². The van der Waals surface area contributed by atoms with Crippen LogP contribution in [0.3, 0.4) is 0 Å². The number of pyridine rings is 1. The lowest BCUT2D eigenvalue weighted by Crippen LogP contribution is -2.22. The predicted molar refractivity (Wildman–Crippen MR) is 108 cm³/mol. The summed E-state index contributed by atoms with van der Waals surface area (Å²) < 4.78 is 5.99. The summed E-state index contributed by atoms with van der Waals surface area (Å²) in [4.78, 5) is 16.1. The van der Waals surface area contributed by atoms with Crippen molar-refractivity contribution in [3.8, 4) is 22.8 Å². The molecule has 0 saturated heterocycles. The molecule has 0 aliphatic carbocycles. The zero-order chi connectivity index (χ0) is 19.7. The van der Waals surface area contributed by atoms with Crippen LogP contribution in [0, 0.1) is 0 Å². The number of para-hydroxylation sites is 1. The third kappa shape index (κ3) is 3.29. The van der Waals surface area contributed by atoms with Crippen LogP contribution >= 0.6 is 0 Å². The highest BCUT2D eigenvalue weighted by molar-refractivity contribution is 6.02. The van der Waals surface area contributed by atoms with E-state index in [4.69, 9.17) is 4.42 Å². The SMILES string of the molecule is CCC(C)c1ccc(-c2ccc(-c3cc(C(=O)[O-])c4ccccc4n3)o2)cc1. The topological polar surface area (TPSA) is 66.2 Å². The normalized spacial score (nSPS) is 12.2. The molecule has 4 nitrogen and oxygen atoms in total. The third-order valence-electron chi connectivity index (χ3n) is 5.17. The number of benzene rings is 2. The fourth-order valence-electron chi connectivity index (χ4n) is 3.31. The molecular weight excluding hydrogens is 350 g/mol. The Balaban J connectivity index is 1.72. The minimum absolute atomic E-state index is 0.108. The minimum Gasteiger partial charge on any atom is -0.545 e. The Morgan fingerprint density at radius 1 is 1.04 bits per heavy atom. The van der Waals surface area contributed by atoms with Gasteiger partial charge in [-0.1, -0.05) is 56.3 Å². The standard InChI is InChI=1S/C24H21NO3/c1-3-15(2)16-8-10-17(11-9-16)22-12-13-23(28-22)21-14-19(24(26)27)18-6-4-5-7-20(18)25-21/h4-15H,3H2,1-2H3,(H,26,27)/p-1. The van der Waals surface area contributed by atoms with Crippen molar-refractivity contribution in [1.82, 2.24) is 4.98 Å². The number of furan rings is 1. The number of fused-ring (bicyclic) bond motifs is 1. The Bertz CT molecular complexity index is 1140. The number of nitrogens with zero attached hydrogens (tertiary/aromatic N) is 1. The number of aromatic carboxylic acids is 1. The number of aromatic nitrogens is 1. The quantitative estimate of drug-likeness (QED) is 0.494. The first-order valence-electron chi connectivity index (χ1n) is 9.38. The Morgan fingerprint density at radius 3 is 2.46 bits per heavy atom. The first kappa shape index (κ1) is 18.0. The number of hydrogen-bond acceptors (Lipinski definition) is 4. The van der Waals surface area contributed by atoms with Crippen LogP contribution < -0.4 is 5.11 Å². The summed E-state index contributed by atoms with van der Waals surface area (Å²) in [5.74, 6) is 0.531. The number of rotatable bonds is 5. The van der Waals surface area contributed by atoms with Gasteiger partial charge in [0.25, 0.3) is 0 Å². The Labute approximate surface area is 163 Å². The van der Waals surface area contributed by atoms with E-state index in [1.807, 2.05) is 30.3 Å². The van der Waals surface area contributed by atoms with Crippen LogP contribution in [0.25, 0.3) is 33.7 Å². The Hall–Kier alpha value is -3.40. The lowest BCUT2D eigenvalue weighted by atomic mass is 9.97. The first-order chi connectivity index (χ1) is 13.6. The van der Waals surface area contributed by atoms with Crippen LogP contribution in [0.1, 0.15) is 42.1 Å². The zero-order valence-electron chi connectivity index (χ0n) is 15.8. The van der Waals surface area contributed by atoms with Crippen molar-refractivity contribution in [3.05, 3.63) is 77.9 Å². The molecule has 2 aromatic heterocycles. The van der Waals surface area contributed by atoms with Crippen LogP contribution in [-0.2, 0) is 0 Å². The number of carboxylic acids is 1. The minimum atomic E-state index is -1.23. The van der Waals surface area contributed by atoms with Crippen molar-refractivity contribution in [2.45, 2.75) is 26.2 Å². The summed E-state index contributed by atoms with van der Waals surface area (Å²) >= 11 is 0. The molecule has 0 aliphatic rings. The summed E-state index contributed by atoms with van der Waals surface area (Å²) in [5.41, 5.74) is 3.44. The second-order valence-corrected chi connectivity index (χ2v) is 6.95. The maximum Gasteiger partial charge on any atom is 0.153 e. The predicted octanol–water partition coefficient (Wildman–Crippen LogP) is 5.04. The van der Waals surface area contributed by atoms with Gasteiger partial charge < -0.3 is 14.3 Å². The van der Waals surface area contributed by atoms with E-state index < -0.39 is 5.97 Å². The van der Waals surface area contributed by atoms with E-state index in [9.17, 15) is 9.90 Å². The maximum absolute atomic E-state index is 11.6. The fourth-order valence-corrected chi connectivity index (χ4v) is 3.31. The average Bonchev–Trinajstić information content (AvgIpc) is 3.22. The maximum atomic E-state index is 11.6. The second kappa shape index (κ2) is 7.31. The number of hydrogen-bond donors (Lipinski definition) is 0. The van der Waals surface area contributed by atoms with E-state index >= 15 is 0 Å². The molecule has 4 heteroatoms. The van der Waals surface area contributed by atoms with Gasteiger partial charge in [-0.15, -0.1) is 0 Å². The number of carboxylic acid groups (broad SMARTS) is 1. The molecule has 0 N–H and O–H groups in total. The van der Waals surface area contributed by atoms with Crippen molar-refractivity contribution >= 4 is 16.9 Å². The lowest BCUT2D eigenvalue weighted by Gasteiger charge is -2.09. The zero-order valence-corrected chi connectivity index (χ0v) is 15.8. The van der Waals surface area contributed by atoms with Gasteiger partial charge in [-0.05, 0) is 42.2 Å². The van der Waals surface area contributed by atoms with Gasteiger partial charge >= 0.3 is 0 Å². The van der Waals surface area contributed by atoms with Gasteiger partial charge in [0.1, 0.15) is 11.5 Å². The molecule has 4 aromatic rings. The van der Waals surface area contributed by atoms with E-state index in [2.05, 4.69) is 31.0 Å². The van der Waals surface area contributed by atoms with Gasteiger partial charge in [0.2, 0.25) is 0 Å². The van der Waals surface area contributed by atoms with Gasteiger partial charge in [0.15, 0.2) is 5.76 Å². The van der Waals surface area contributed by atoms with E-state index in [-0.39, 0.29) is 5.56 Å². The van der Waals surface area contributed by atoms with Crippen LogP contribution in [0.4, 0.5) is 0 Å². The molecule has 4 rings (SSSR count). The molecule has 0 amide bonds. The highest BCUT2D eigenvalue weighted by atomic mass is 16.4. The highest BCUT2D eigenvalue weighted by Gasteiger charge is 2.13. The summed E-state index contributed by atoms with van der Waals surface area (Å²) in [5, 5.41) is 12.1. The summed E-state index contributed by atoms with van der Waals surface area (Å²) in [7, 11) is 0. The van der Waals surface area contributed by atoms with Crippen LogP contribution in [0.2, 0.25) is 0 Å². The van der Waals surface area contributed by atoms with Gasteiger partial charge in [-0.3, -0.25) is 0 Å². The average molecular weight is 370 g/mol. The van der Waals surface area contributed by atoms with Crippen molar-refractivity contribution in [2.75, 3.05) is 0 Å². The molecule has 2 heterocycles. The summed E-state index contributed by atoms with van der Waals surface area (Å²) in [6.07, 6.45) is 1.10. The molecular formula is C24H20NO3-. The van der Waals surface area contributed by atoms with E-state index in [1.165, 1.54) is 11.6 Å². The molecule has 1 unspecified atom stereocenters. The van der Waals surface area contributed by atoms with Crippen molar-refractivity contribution in [2.24, 2.45) is 0 Å². The van der Waals surface area contributed by atoms with E-state index in [0.29, 0.717) is 28.3 Å². The van der Waals surface area contributed by atoms with Crippen molar-refractivity contribution < 1.29 is 14.3 Å². The molecule has 1 atom stereocenters. The van der Waals surface area contributed by atoms with Crippen LogP contribution in [-0.4, -0.2) is 11.0 Å².